The molecule has 1 aromatic rings. The van der Waals surface area contributed by atoms with Crippen molar-refractivity contribution in [2.45, 2.75) is 19.9 Å². The van der Waals surface area contributed by atoms with E-state index in [4.69, 9.17) is 5.73 Å². The molecule has 100 valence electrons. The molecule has 7 heteroatoms. The van der Waals surface area contributed by atoms with Crippen LogP contribution < -0.4 is 11.1 Å². The molecule has 6 nitrogen and oxygen atoms in total. The fourth-order valence-corrected chi connectivity index (χ4v) is 1.43. The van der Waals surface area contributed by atoms with E-state index in [1.807, 2.05) is 0 Å². The lowest BCUT2D eigenvalue weighted by Gasteiger charge is -2.12. The smallest absolute Gasteiger partial charge is 0.273 e. The molecule has 0 spiro atoms. The van der Waals surface area contributed by atoms with E-state index in [1.54, 1.807) is 19.9 Å². The molecule has 0 fully saturated rings. The molecule has 0 unspecified atom stereocenters. The van der Waals surface area contributed by atoms with Crippen molar-refractivity contribution in [3.63, 3.8) is 0 Å². The Hall–Kier alpha value is -1.66. The quantitative estimate of drug-likeness (QED) is 0.640. The standard InChI is InChI=1S/C11H15N3O3.ClH/c1-7(6-12)13-11(15)9-4-3-5-10(8(9)2)14(16)17;/h3-5,7H,6,12H2,1-2H3,(H,13,15);1H/t7-;/m0./s1. The summed E-state index contributed by atoms with van der Waals surface area (Å²) in [5.74, 6) is -0.343. The number of hydrogen-bond acceptors (Lipinski definition) is 4. The average Bonchev–Trinajstić information content (AvgIpc) is 2.28. The average molecular weight is 274 g/mol. The zero-order valence-corrected chi connectivity index (χ0v) is 11.0. The van der Waals surface area contributed by atoms with E-state index in [1.165, 1.54) is 12.1 Å². The Bertz CT molecular complexity index is 451. The van der Waals surface area contributed by atoms with Crippen LogP contribution in [0, 0.1) is 17.0 Å². The van der Waals surface area contributed by atoms with E-state index in [0.29, 0.717) is 17.7 Å². The highest BCUT2D eigenvalue weighted by Crippen LogP contribution is 2.20. The summed E-state index contributed by atoms with van der Waals surface area (Å²) in [5.41, 5.74) is 6.00. The van der Waals surface area contributed by atoms with Gasteiger partial charge in [-0.15, -0.1) is 12.4 Å². The molecule has 0 aliphatic heterocycles. The Morgan fingerprint density at radius 1 is 1.56 bits per heavy atom. The van der Waals surface area contributed by atoms with E-state index in [2.05, 4.69) is 5.32 Å². The maximum absolute atomic E-state index is 11.8. The number of amides is 1. The van der Waals surface area contributed by atoms with Crippen molar-refractivity contribution in [3.8, 4) is 0 Å². The summed E-state index contributed by atoms with van der Waals surface area (Å²) in [6.45, 7) is 3.64. The zero-order chi connectivity index (χ0) is 13.0. The highest BCUT2D eigenvalue weighted by Gasteiger charge is 2.18. The van der Waals surface area contributed by atoms with Gasteiger partial charge in [-0.3, -0.25) is 14.9 Å². The van der Waals surface area contributed by atoms with Crippen LogP contribution in [-0.4, -0.2) is 23.4 Å². The van der Waals surface area contributed by atoms with E-state index in [-0.39, 0.29) is 30.0 Å². The summed E-state index contributed by atoms with van der Waals surface area (Å²) < 4.78 is 0. The molecule has 1 amide bonds. The third kappa shape index (κ3) is 3.68. The maximum Gasteiger partial charge on any atom is 0.273 e. The van der Waals surface area contributed by atoms with Crippen molar-refractivity contribution in [3.05, 3.63) is 39.4 Å². The minimum atomic E-state index is -0.502. The molecule has 0 radical (unpaired) electrons. The first-order valence-electron chi connectivity index (χ1n) is 5.22. The third-order valence-corrected chi connectivity index (χ3v) is 2.48. The molecule has 0 aromatic heterocycles. The number of carbonyl (C=O) groups is 1. The lowest BCUT2D eigenvalue weighted by Crippen LogP contribution is -2.38. The Balaban J connectivity index is 0.00000289. The fourth-order valence-electron chi connectivity index (χ4n) is 1.43. The number of hydrogen-bond donors (Lipinski definition) is 2. The first-order chi connectivity index (χ1) is 7.97. The molecule has 0 saturated carbocycles. The maximum atomic E-state index is 11.8. The van der Waals surface area contributed by atoms with Crippen LogP contribution in [0.4, 0.5) is 5.69 Å². The van der Waals surface area contributed by atoms with Crippen LogP contribution in [0.15, 0.2) is 18.2 Å². The van der Waals surface area contributed by atoms with Gasteiger partial charge in [-0.25, -0.2) is 0 Å². The van der Waals surface area contributed by atoms with E-state index >= 15 is 0 Å². The molecule has 0 bridgehead atoms. The van der Waals surface area contributed by atoms with Crippen molar-refractivity contribution in [2.24, 2.45) is 5.73 Å². The molecule has 0 aliphatic rings. The Labute approximate surface area is 111 Å². The lowest BCUT2D eigenvalue weighted by atomic mass is 10.1. The van der Waals surface area contributed by atoms with Gasteiger partial charge in [-0.2, -0.15) is 0 Å². The normalized spacial score (nSPS) is 11.3. The van der Waals surface area contributed by atoms with Gasteiger partial charge in [-0.05, 0) is 19.9 Å². The SMILES string of the molecule is Cc1c(C(=O)N[C@@H](C)CN)cccc1[N+](=O)[O-].Cl. The Kier molecular flexibility index (Phi) is 6.29. The third-order valence-electron chi connectivity index (χ3n) is 2.48. The largest absolute Gasteiger partial charge is 0.348 e. The van der Waals surface area contributed by atoms with Crippen molar-refractivity contribution in [1.82, 2.24) is 5.32 Å². The molecule has 0 saturated heterocycles. The predicted octanol–water partition coefficient (Wildman–Crippen LogP) is 1.40. The first kappa shape index (κ1) is 16.3. The van der Waals surface area contributed by atoms with Crippen molar-refractivity contribution in [1.29, 1.82) is 0 Å². The summed E-state index contributed by atoms with van der Waals surface area (Å²) in [5, 5.41) is 13.4. The van der Waals surface area contributed by atoms with Crippen molar-refractivity contribution >= 4 is 24.0 Å². The molecule has 1 aromatic carbocycles. The van der Waals surface area contributed by atoms with E-state index < -0.39 is 4.92 Å². The van der Waals surface area contributed by atoms with Crippen LogP contribution in [-0.2, 0) is 0 Å². The lowest BCUT2D eigenvalue weighted by molar-refractivity contribution is -0.385. The highest BCUT2D eigenvalue weighted by molar-refractivity contribution is 5.96. The van der Waals surface area contributed by atoms with Crippen LogP contribution in [0.5, 0.6) is 0 Å². The van der Waals surface area contributed by atoms with Gasteiger partial charge in [0.15, 0.2) is 0 Å². The topological polar surface area (TPSA) is 98.3 Å². The molecule has 0 aliphatic carbocycles. The number of benzene rings is 1. The van der Waals surface area contributed by atoms with Crippen molar-refractivity contribution in [2.75, 3.05) is 6.54 Å². The summed E-state index contributed by atoms with van der Waals surface area (Å²) in [6, 6.07) is 4.26. The second-order valence-electron chi connectivity index (χ2n) is 3.82. The van der Waals surface area contributed by atoms with Crippen LogP contribution >= 0.6 is 12.4 Å². The molecule has 18 heavy (non-hydrogen) atoms. The number of carbonyl (C=O) groups excluding carboxylic acids is 1. The predicted molar refractivity (Wildman–Crippen MR) is 71.1 cm³/mol. The van der Waals surface area contributed by atoms with E-state index in [0.717, 1.165) is 0 Å². The Morgan fingerprint density at radius 2 is 2.17 bits per heavy atom. The Morgan fingerprint density at radius 3 is 2.67 bits per heavy atom. The molecule has 3 N–H and O–H groups in total. The molecule has 1 atom stereocenters. The zero-order valence-electron chi connectivity index (χ0n) is 10.2. The minimum Gasteiger partial charge on any atom is -0.348 e. The van der Waals surface area contributed by atoms with Crippen molar-refractivity contribution < 1.29 is 9.72 Å². The van der Waals surface area contributed by atoms with Crippen LogP contribution in [0.1, 0.15) is 22.8 Å². The van der Waals surface area contributed by atoms with Gasteiger partial charge in [0.05, 0.1) is 4.92 Å². The number of halogens is 1. The van der Waals surface area contributed by atoms with Gasteiger partial charge in [0.25, 0.3) is 11.6 Å². The number of nitro groups is 1. The highest BCUT2D eigenvalue weighted by atomic mass is 35.5. The van der Waals surface area contributed by atoms with Gasteiger partial charge >= 0.3 is 0 Å². The van der Waals surface area contributed by atoms with Gasteiger partial charge in [0, 0.05) is 29.8 Å². The van der Waals surface area contributed by atoms with Gasteiger partial charge in [0.2, 0.25) is 0 Å². The number of nitrogens with two attached hydrogens (primary N) is 1. The fraction of sp³-hybridized carbons (Fsp3) is 0.364. The van der Waals surface area contributed by atoms with E-state index in [9.17, 15) is 14.9 Å². The number of rotatable bonds is 4. The van der Waals surface area contributed by atoms with Gasteiger partial charge in [0.1, 0.15) is 0 Å². The molecule has 1 rings (SSSR count). The van der Waals surface area contributed by atoms with Crippen LogP contribution in [0.3, 0.4) is 0 Å². The number of nitrogens with one attached hydrogen (secondary N) is 1. The summed E-state index contributed by atoms with van der Waals surface area (Å²) in [7, 11) is 0. The molecule has 0 heterocycles. The summed E-state index contributed by atoms with van der Waals surface area (Å²) >= 11 is 0. The first-order valence-corrected chi connectivity index (χ1v) is 5.22. The molecular weight excluding hydrogens is 258 g/mol. The molecular formula is C11H16ClN3O3. The monoisotopic (exact) mass is 273 g/mol. The number of nitrogens with zero attached hydrogens (tertiary/aromatic N) is 1. The number of nitro benzene ring substituents is 1. The second kappa shape index (κ2) is 6.93. The van der Waals surface area contributed by atoms with Gasteiger partial charge < -0.3 is 11.1 Å². The summed E-state index contributed by atoms with van der Waals surface area (Å²) in [4.78, 5) is 22.0. The minimum absolute atomic E-state index is 0. The van der Waals surface area contributed by atoms with Gasteiger partial charge in [-0.1, -0.05) is 6.07 Å². The summed E-state index contributed by atoms with van der Waals surface area (Å²) in [6.07, 6.45) is 0. The van der Waals surface area contributed by atoms with Crippen LogP contribution in [0.2, 0.25) is 0 Å². The van der Waals surface area contributed by atoms with Crippen LogP contribution in [0.25, 0.3) is 0 Å². The second-order valence-corrected chi connectivity index (χ2v) is 3.82.